The van der Waals surface area contributed by atoms with Gasteiger partial charge in [-0.25, -0.2) is 4.99 Å². The lowest BCUT2D eigenvalue weighted by Gasteiger charge is -2.22. The molecule has 1 aliphatic rings. The number of aliphatic imine (C=N–C) groups is 1. The fraction of sp³-hybridized carbons (Fsp3) is 0.154. The molecule has 19 heavy (non-hydrogen) atoms. The summed E-state index contributed by atoms with van der Waals surface area (Å²) >= 11 is 0. The number of nitrogen functional groups attached to an aromatic ring is 1. The van der Waals surface area contributed by atoms with Crippen molar-refractivity contribution in [3.8, 4) is 5.88 Å². The minimum absolute atomic E-state index is 0.0225. The van der Waals surface area contributed by atoms with Gasteiger partial charge in [-0.05, 0) is 12.5 Å². The molecule has 2 aromatic rings. The van der Waals surface area contributed by atoms with E-state index in [1.54, 1.807) is 0 Å². The highest BCUT2D eigenvalue weighted by Gasteiger charge is 2.25. The molecule has 1 atom stereocenters. The third-order valence-electron chi connectivity index (χ3n) is 2.86. The minimum Gasteiger partial charge on any atom is -0.466 e. The van der Waals surface area contributed by atoms with Crippen molar-refractivity contribution < 1.29 is 4.74 Å². The number of aromatic nitrogens is 2. The first kappa shape index (κ1) is 11.5. The van der Waals surface area contributed by atoms with E-state index in [4.69, 9.17) is 10.5 Å². The Hall–Kier alpha value is -2.63. The molecule has 1 unspecified atom stereocenters. The molecule has 96 valence electrons. The second-order valence-corrected chi connectivity index (χ2v) is 4.23. The first-order valence-corrected chi connectivity index (χ1v) is 5.85. The van der Waals surface area contributed by atoms with E-state index in [1.165, 1.54) is 0 Å². The Morgan fingerprint density at radius 3 is 2.79 bits per heavy atom. The van der Waals surface area contributed by atoms with Crippen LogP contribution in [0.4, 0.5) is 11.6 Å². The van der Waals surface area contributed by atoms with Gasteiger partial charge < -0.3 is 10.5 Å². The molecule has 6 nitrogen and oxygen atoms in total. The summed E-state index contributed by atoms with van der Waals surface area (Å²) in [7, 11) is 0. The number of benzene rings is 1. The highest BCUT2D eigenvalue weighted by molar-refractivity contribution is 6.06. The third kappa shape index (κ3) is 1.97. The summed E-state index contributed by atoms with van der Waals surface area (Å²) in [6, 6.07) is 9.57. The van der Waals surface area contributed by atoms with Crippen LogP contribution in [0.3, 0.4) is 0 Å². The molecule has 0 saturated heterocycles. The number of hydrogen-bond donors (Lipinski definition) is 2. The maximum absolute atomic E-state index is 11.8. The minimum atomic E-state index is -0.400. The van der Waals surface area contributed by atoms with E-state index in [0.29, 0.717) is 5.71 Å². The number of ether oxygens (including phenoxy) is 1. The van der Waals surface area contributed by atoms with E-state index in [-0.39, 0.29) is 23.6 Å². The lowest BCUT2D eigenvalue weighted by atomic mass is 10.1. The van der Waals surface area contributed by atoms with Gasteiger partial charge in [-0.2, -0.15) is 4.98 Å². The predicted octanol–water partition coefficient (Wildman–Crippen LogP) is 1.25. The molecule has 6 heteroatoms. The fourth-order valence-corrected chi connectivity index (χ4v) is 1.99. The molecule has 3 N–H and O–H groups in total. The average Bonchev–Trinajstić information content (AvgIpc) is 2.38. The molecule has 1 aliphatic heterocycles. The Morgan fingerprint density at radius 2 is 2.05 bits per heavy atom. The van der Waals surface area contributed by atoms with E-state index in [9.17, 15) is 4.79 Å². The topological polar surface area (TPSA) is 93.4 Å². The summed E-state index contributed by atoms with van der Waals surface area (Å²) in [5.74, 6) is 0.197. The van der Waals surface area contributed by atoms with Crippen molar-refractivity contribution in [1.82, 2.24) is 9.97 Å². The molecule has 1 aromatic carbocycles. The molecule has 0 fully saturated rings. The molecular formula is C13H12N4O2. The Bertz CT molecular complexity index is 706. The van der Waals surface area contributed by atoms with Gasteiger partial charge in [-0.15, -0.1) is 0 Å². The molecule has 3 rings (SSSR count). The normalized spacial score (nSPS) is 17.3. The van der Waals surface area contributed by atoms with E-state index >= 15 is 0 Å². The summed E-state index contributed by atoms with van der Waals surface area (Å²) in [4.78, 5) is 22.5. The highest BCUT2D eigenvalue weighted by atomic mass is 16.5. The Morgan fingerprint density at radius 1 is 1.32 bits per heavy atom. The number of H-pyrrole nitrogens is 1. The van der Waals surface area contributed by atoms with Crippen LogP contribution in [0.5, 0.6) is 5.88 Å². The number of nitrogens with zero attached hydrogens (tertiary/aromatic N) is 2. The van der Waals surface area contributed by atoms with Crippen LogP contribution in [-0.4, -0.2) is 21.8 Å². The molecule has 1 aromatic heterocycles. The van der Waals surface area contributed by atoms with Gasteiger partial charge in [0.25, 0.3) is 5.56 Å². The summed E-state index contributed by atoms with van der Waals surface area (Å²) in [6.07, 6.45) is -0.288. The predicted molar refractivity (Wildman–Crippen MR) is 72.0 cm³/mol. The zero-order valence-electron chi connectivity index (χ0n) is 10.3. The summed E-state index contributed by atoms with van der Waals surface area (Å²) in [6.45, 7) is 1.85. The van der Waals surface area contributed by atoms with Gasteiger partial charge >= 0.3 is 0 Å². The number of anilines is 1. The lowest BCUT2D eigenvalue weighted by molar-refractivity contribution is 0.272. The van der Waals surface area contributed by atoms with E-state index in [1.807, 2.05) is 37.3 Å². The summed E-state index contributed by atoms with van der Waals surface area (Å²) in [5, 5.41) is 0. The molecule has 0 amide bonds. The number of nitrogens with one attached hydrogen (secondary N) is 1. The summed E-state index contributed by atoms with van der Waals surface area (Å²) in [5.41, 5.74) is 6.85. The van der Waals surface area contributed by atoms with Crippen LogP contribution < -0.4 is 16.0 Å². The molecular weight excluding hydrogens is 244 g/mol. The number of rotatable bonds is 1. The van der Waals surface area contributed by atoms with E-state index in [0.717, 1.165) is 5.56 Å². The Kier molecular flexibility index (Phi) is 2.56. The first-order valence-electron chi connectivity index (χ1n) is 5.85. The number of aromatic amines is 1. The number of fused-ring (bicyclic) bond motifs is 1. The smallest absolute Gasteiger partial charge is 0.282 e. The van der Waals surface area contributed by atoms with E-state index in [2.05, 4.69) is 15.0 Å². The number of hydrogen-bond acceptors (Lipinski definition) is 5. The quantitative estimate of drug-likeness (QED) is 0.803. The van der Waals surface area contributed by atoms with Crippen LogP contribution in [0.2, 0.25) is 0 Å². The molecule has 0 saturated carbocycles. The van der Waals surface area contributed by atoms with Crippen LogP contribution in [0.25, 0.3) is 0 Å². The standard InChI is InChI=1S/C13H12N4O2/c1-7-9(8-5-3-2-4-6-8)15-10-11(18)16-13(14)17-12(10)19-7/h2-7H,1H3,(H3,14,16,17,18). The maximum atomic E-state index is 11.8. The molecule has 0 aliphatic carbocycles. The van der Waals surface area contributed by atoms with Crippen molar-refractivity contribution in [2.75, 3.05) is 5.73 Å². The second-order valence-electron chi connectivity index (χ2n) is 4.23. The van der Waals surface area contributed by atoms with Crippen molar-refractivity contribution >= 4 is 17.3 Å². The van der Waals surface area contributed by atoms with Crippen molar-refractivity contribution in [3.63, 3.8) is 0 Å². The van der Waals surface area contributed by atoms with Crippen LogP contribution in [0.15, 0.2) is 40.1 Å². The van der Waals surface area contributed by atoms with Gasteiger partial charge in [0.15, 0.2) is 5.69 Å². The Labute approximate surface area is 109 Å². The third-order valence-corrected chi connectivity index (χ3v) is 2.86. The van der Waals surface area contributed by atoms with Gasteiger partial charge in [0.1, 0.15) is 6.10 Å². The molecule has 2 heterocycles. The van der Waals surface area contributed by atoms with Crippen molar-refractivity contribution in [2.45, 2.75) is 13.0 Å². The van der Waals surface area contributed by atoms with Gasteiger partial charge in [-0.1, -0.05) is 30.3 Å². The zero-order valence-corrected chi connectivity index (χ0v) is 10.3. The van der Waals surface area contributed by atoms with Gasteiger partial charge in [0.2, 0.25) is 11.8 Å². The molecule has 0 spiro atoms. The second kappa shape index (κ2) is 4.24. The van der Waals surface area contributed by atoms with Crippen LogP contribution >= 0.6 is 0 Å². The van der Waals surface area contributed by atoms with Crippen LogP contribution in [-0.2, 0) is 0 Å². The first-order chi connectivity index (χ1) is 9.15. The number of nitrogens with two attached hydrogens (primary N) is 1. The SMILES string of the molecule is CC1Oc2nc(N)[nH]c(=O)c2N=C1c1ccccc1. The largest absolute Gasteiger partial charge is 0.466 e. The molecule has 0 radical (unpaired) electrons. The van der Waals surface area contributed by atoms with Crippen molar-refractivity contribution in [3.05, 3.63) is 46.2 Å². The van der Waals surface area contributed by atoms with Crippen LogP contribution in [0, 0.1) is 0 Å². The van der Waals surface area contributed by atoms with Crippen molar-refractivity contribution in [2.24, 2.45) is 4.99 Å². The molecule has 0 bridgehead atoms. The summed E-state index contributed by atoms with van der Waals surface area (Å²) < 4.78 is 5.62. The maximum Gasteiger partial charge on any atom is 0.282 e. The van der Waals surface area contributed by atoms with Crippen LogP contribution in [0.1, 0.15) is 12.5 Å². The monoisotopic (exact) mass is 256 g/mol. The van der Waals surface area contributed by atoms with Gasteiger partial charge in [0.05, 0.1) is 5.71 Å². The van der Waals surface area contributed by atoms with Crippen molar-refractivity contribution in [1.29, 1.82) is 0 Å². The van der Waals surface area contributed by atoms with Gasteiger partial charge in [0, 0.05) is 0 Å². The average molecular weight is 256 g/mol. The lowest BCUT2D eigenvalue weighted by Crippen LogP contribution is -2.30. The fourth-order valence-electron chi connectivity index (χ4n) is 1.99. The Balaban J connectivity index is 2.17. The highest BCUT2D eigenvalue weighted by Crippen LogP contribution is 2.28. The van der Waals surface area contributed by atoms with E-state index < -0.39 is 5.56 Å². The zero-order chi connectivity index (χ0) is 13.4. The van der Waals surface area contributed by atoms with Gasteiger partial charge in [-0.3, -0.25) is 9.78 Å².